The third-order valence-corrected chi connectivity index (χ3v) is 1.62. The smallest absolute Gasteiger partial charge is 0.264 e. The van der Waals surface area contributed by atoms with Gasteiger partial charge in [-0.3, -0.25) is 4.18 Å². The van der Waals surface area contributed by atoms with Crippen LogP contribution in [0.4, 0.5) is 0 Å². The van der Waals surface area contributed by atoms with Gasteiger partial charge in [-0.05, 0) is 6.42 Å². The van der Waals surface area contributed by atoms with Gasteiger partial charge in [0.1, 0.15) is 0 Å². The molecule has 0 aliphatic heterocycles. The molecule has 3 N–H and O–H groups in total. The molecule has 0 aromatic heterocycles. The minimum Gasteiger partial charge on any atom is -0.392 e. The predicted molar refractivity (Wildman–Crippen MR) is 40.5 cm³/mol. The Hall–Kier alpha value is -0.170. The van der Waals surface area contributed by atoms with Gasteiger partial charge >= 0.3 is 0 Å². The van der Waals surface area contributed by atoms with Crippen LogP contribution >= 0.6 is 0 Å². The average molecular weight is 183 g/mol. The molecule has 0 bridgehead atoms. The van der Waals surface area contributed by atoms with Crippen LogP contribution in [-0.4, -0.2) is 39.0 Å². The second kappa shape index (κ2) is 4.66. The predicted octanol–water partition coefficient (Wildman–Crippen LogP) is -1.33. The molecule has 68 valence electrons. The highest BCUT2D eigenvalue weighted by atomic mass is 32.2. The number of hydrogen-bond donors (Lipinski definition) is 2. The fourth-order valence-corrected chi connectivity index (χ4v) is 0.852. The highest BCUT2D eigenvalue weighted by Gasteiger charge is 2.04. The van der Waals surface area contributed by atoms with E-state index in [0.717, 1.165) is 6.26 Å². The number of aliphatic hydroxyl groups is 1. The monoisotopic (exact) mass is 183 g/mol. The van der Waals surface area contributed by atoms with Crippen molar-refractivity contribution in [1.82, 2.24) is 0 Å². The van der Waals surface area contributed by atoms with Gasteiger partial charge in [-0.1, -0.05) is 0 Å². The van der Waals surface area contributed by atoms with Gasteiger partial charge < -0.3 is 10.8 Å². The average Bonchev–Trinajstić information content (AvgIpc) is 1.85. The first kappa shape index (κ1) is 10.8. The van der Waals surface area contributed by atoms with Crippen molar-refractivity contribution in [2.24, 2.45) is 5.73 Å². The van der Waals surface area contributed by atoms with Crippen LogP contribution in [0.2, 0.25) is 0 Å². The van der Waals surface area contributed by atoms with Crippen LogP contribution in [0.5, 0.6) is 0 Å². The normalized spacial score (nSPS) is 14.8. The SMILES string of the molecule is CS(=O)(=O)OCC[C@H](O)CN. The van der Waals surface area contributed by atoms with E-state index in [9.17, 15) is 8.42 Å². The van der Waals surface area contributed by atoms with Crippen LogP contribution in [0.3, 0.4) is 0 Å². The molecular weight excluding hydrogens is 170 g/mol. The van der Waals surface area contributed by atoms with Gasteiger partial charge in [0.2, 0.25) is 0 Å². The van der Waals surface area contributed by atoms with Crippen molar-refractivity contribution >= 4 is 10.1 Å². The molecule has 0 saturated carbocycles. The molecule has 0 radical (unpaired) electrons. The van der Waals surface area contributed by atoms with Gasteiger partial charge in [-0.25, -0.2) is 0 Å². The molecule has 11 heavy (non-hydrogen) atoms. The van der Waals surface area contributed by atoms with Crippen molar-refractivity contribution in [1.29, 1.82) is 0 Å². The van der Waals surface area contributed by atoms with Crippen molar-refractivity contribution < 1.29 is 17.7 Å². The minimum atomic E-state index is -3.38. The summed E-state index contributed by atoms with van der Waals surface area (Å²) >= 11 is 0. The highest BCUT2D eigenvalue weighted by molar-refractivity contribution is 7.85. The van der Waals surface area contributed by atoms with E-state index in [1.54, 1.807) is 0 Å². The van der Waals surface area contributed by atoms with E-state index in [0.29, 0.717) is 0 Å². The largest absolute Gasteiger partial charge is 0.392 e. The third kappa shape index (κ3) is 7.73. The maximum Gasteiger partial charge on any atom is 0.264 e. The van der Waals surface area contributed by atoms with Crippen LogP contribution in [0, 0.1) is 0 Å². The summed E-state index contributed by atoms with van der Waals surface area (Å²) in [6, 6.07) is 0. The van der Waals surface area contributed by atoms with Crippen LogP contribution in [0.1, 0.15) is 6.42 Å². The van der Waals surface area contributed by atoms with Crippen LogP contribution in [0.15, 0.2) is 0 Å². The Bertz CT molecular complexity index is 189. The zero-order chi connectivity index (χ0) is 8.91. The topological polar surface area (TPSA) is 89.6 Å². The van der Waals surface area contributed by atoms with Crippen molar-refractivity contribution in [3.8, 4) is 0 Å². The summed E-state index contributed by atoms with van der Waals surface area (Å²) in [5.74, 6) is 0. The minimum absolute atomic E-state index is 0.0167. The van der Waals surface area contributed by atoms with Gasteiger partial charge in [0.15, 0.2) is 0 Å². The molecule has 0 rings (SSSR count). The van der Waals surface area contributed by atoms with Gasteiger partial charge in [0.05, 0.1) is 19.0 Å². The zero-order valence-electron chi connectivity index (χ0n) is 6.36. The molecule has 0 aromatic rings. The Labute approximate surface area is 66.3 Å². The van der Waals surface area contributed by atoms with E-state index in [-0.39, 0.29) is 19.6 Å². The summed E-state index contributed by atoms with van der Waals surface area (Å²) in [6.45, 7) is 0.102. The Balaban J connectivity index is 3.43. The molecule has 0 aliphatic rings. The lowest BCUT2D eigenvalue weighted by atomic mass is 10.3. The maximum absolute atomic E-state index is 10.4. The van der Waals surface area contributed by atoms with E-state index < -0.39 is 16.2 Å². The summed E-state index contributed by atoms with van der Waals surface area (Å²) in [5.41, 5.74) is 5.07. The lowest BCUT2D eigenvalue weighted by Gasteiger charge is -2.05. The summed E-state index contributed by atoms with van der Waals surface area (Å²) in [4.78, 5) is 0. The molecule has 0 fully saturated rings. The number of aliphatic hydroxyl groups excluding tert-OH is 1. The molecule has 0 unspecified atom stereocenters. The van der Waals surface area contributed by atoms with Crippen molar-refractivity contribution in [3.05, 3.63) is 0 Å². The molecule has 0 aromatic carbocycles. The number of nitrogens with two attached hydrogens (primary N) is 1. The van der Waals surface area contributed by atoms with Crippen molar-refractivity contribution in [3.63, 3.8) is 0 Å². The summed E-state index contributed by atoms with van der Waals surface area (Å²) < 4.78 is 25.1. The summed E-state index contributed by atoms with van der Waals surface area (Å²) in [7, 11) is -3.38. The number of rotatable bonds is 5. The lowest BCUT2D eigenvalue weighted by molar-refractivity contribution is 0.148. The van der Waals surface area contributed by atoms with Gasteiger partial charge in [-0.2, -0.15) is 8.42 Å². The summed E-state index contributed by atoms with van der Waals surface area (Å²) in [6.07, 6.45) is 0.516. The quantitative estimate of drug-likeness (QED) is 0.515. The molecular formula is C5H13NO4S. The highest BCUT2D eigenvalue weighted by Crippen LogP contribution is 1.93. The molecule has 0 aliphatic carbocycles. The molecule has 0 amide bonds. The Morgan fingerprint density at radius 2 is 2.18 bits per heavy atom. The molecule has 1 atom stereocenters. The standard InChI is InChI=1S/C5H13NO4S/c1-11(8,9)10-3-2-5(7)4-6/h5,7H,2-4,6H2,1H3/t5-/m0/s1. The third-order valence-electron chi connectivity index (χ3n) is 1.02. The Morgan fingerprint density at radius 1 is 1.64 bits per heavy atom. The van der Waals surface area contributed by atoms with Gasteiger partial charge in [0, 0.05) is 6.54 Å². The molecule has 0 spiro atoms. The van der Waals surface area contributed by atoms with E-state index in [1.165, 1.54) is 0 Å². The zero-order valence-corrected chi connectivity index (χ0v) is 7.17. The number of hydrogen-bond acceptors (Lipinski definition) is 5. The molecule has 6 heteroatoms. The first-order valence-electron chi connectivity index (χ1n) is 3.18. The first-order chi connectivity index (χ1) is 4.95. The van der Waals surface area contributed by atoms with Gasteiger partial charge in [-0.15, -0.1) is 0 Å². The maximum atomic E-state index is 10.4. The Kier molecular flexibility index (Phi) is 4.58. The Morgan fingerprint density at radius 3 is 2.55 bits per heavy atom. The first-order valence-corrected chi connectivity index (χ1v) is 5.00. The van der Waals surface area contributed by atoms with Gasteiger partial charge in [0.25, 0.3) is 10.1 Å². The fourth-order valence-electron chi connectivity index (χ4n) is 0.453. The van der Waals surface area contributed by atoms with Crippen molar-refractivity contribution in [2.75, 3.05) is 19.4 Å². The molecule has 5 nitrogen and oxygen atoms in total. The van der Waals surface area contributed by atoms with E-state index >= 15 is 0 Å². The fraction of sp³-hybridized carbons (Fsp3) is 1.00. The lowest BCUT2D eigenvalue weighted by Crippen LogP contribution is -2.21. The van der Waals surface area contributed by atoms with E-state index in [2.05, 4.69) is 4.18 Å². The second-order valence-electron chi connectivity index (χ2n) is 2.20. The molecule has 0 saturated heterocycles. The van der Waals surface area contributed by atoms with Crippen LogP contribution in [0.25, 0.3) is 0 Å². The van der Waals surface area contributed by atoms with Crippen LogP contribution < -0.4 is 5.73 Å². The van der Waals surface area contributed by atoms with E-state index in [4.69, 9.17) is 10.8 Å². The van der Waals surface area contributed by atoms with Crippen molar-refractivity contribution in [2.45, 2.75) is 12.5 Å². The second-order valence-corrected chi connectivity index (χ2v) is 3.85. The van der Waals surface area contributed by atoms with Crippen LogP contribution in [-0.2, 0) is 14.3 Å². The van der Waals surface area contributed by atoms with E-state index in [1.807, 2.05) is 0 Å². The summed E-state index contributed by atoms with van der Waals surface area (Å²) in [5, 5.41) is 8.85. The molecule has 0 heterocycles.